The summed E-state index contributed by atoms with van der Waals surface area (Å²) in [6.45, 7) is 5.27. The second-order valence-corrected chi connectivity index (χ2v) is 7.60. The van der Waals surface area contributed by atoms with Gasteiger partial charge in [0.05, 0.1) is 5.92 Å². The van der Waals surface area contributed by atoms with Crippen LogP contribution in [-0.2, 0) is 13.0 Å². The molecule has 0 aliphatic heterocycles. The molecule has 0 bridgehead atoms. The van der Waals surface area contributed by atoms with Crippen LogP contribution in [0.3, 0.4) is 0 Å². The van der Waals surface area contributed by atoms with Crippen molar-refractivity contribution in [1.82, 2.24) is 4.90 Å². The first-order valence-corrected chi connectivity index (χ1v) is 9.89. The Bertz CT molecular complexity index is 694. The molecule has 0 radical (unpaired) electrons. The minimum atomic E-state index is -4.05. The van der Waals surface area contributed by atoms with E-state index < -0.39 is 12.1 Å². The average molecular weight is 375 g/mol. The van der Waals surface area contributed by atoms with Gasteiger partial charge < -0.3 is 0 Å². The zero-order chi connectivity index (χ0) is 19.3. The molecule has 1 aliphatic rings. The molecular weight excluding hydrogens is 347 g/mol. The van der Waals surface area contributed by atoms with Gasteiger partial charge in [-0.15, -0.1) is 0 Å². The van der Waals surface area contributed by atoms with Crippen LogP contribution in [0.4, 0.5) is 13.2 Å². The van der Waals surface area contributed by atoms with Gasteiger partial charge in [-0.2, -0.15) is 13.2 Å². The largest absolute Gasteiger partial charge is 0.392 e. The van der Waals surface area contributed by atoms with Crippen molar-refractivity contribution in [3.05, 3.63) is 71.3 Å². The molecule has 0 aromatic heterocycles. The Morgan fingerprint density at radius 3 is 2.22 bits per heavy atom. The van der Waals surface area contributed by atoms with E-state index in [0.29, 0.717) is 0 Å². The molecule has 1 aliphatic carbocycles. The third kappa shape index (κ3) is 5.83. The molecule has 0 amide bonds. The minimum Gasteiger partial charge on any atom is -0.299 e. The zero-order valence-electron chi connectivity index (χ0n) is 15.9. The topological polar surface area (TPSA) is 3.24 Å². The summed E-state index contributed by atoms with van der Waals surface area (Å²) in [4.78, 5) is 2.47. The summed E-state index contributed by atoms with van der Waals surface area (Å²) in [7, 11) is 0. The van der Waals surface area contributed by atoms with Crippen LogP contribution in [0.1, 0.15) is 48.8 Å². The van der Waals surface area contributed by atoms with Crippen molar-refractivity contribution in [3.63, 3.8) is 0 Å². The SMILES string of the molecule is CCCN(CCCc1ccc(C2CC2C(F)(F)F)cc1)Cc1ccccc1. The molecule has 2 unspecified atom stereocenters. The van der Waals surface area contributed by atoms with Gasteiger partial charge in [-0.05, 0) is 61.4 Å². The molecule has 3 rings (SSSR count). The smallest absolute Gasteiger partial charge is 0.299 e. The Hall–Kier alpha value is -1.81. The first kappa shape index (κ1) is 19.9. The van der Waals surface area contributed by atoms with Crippen molar-refractivity contribution in [3.8, 4) is 0 Å². The van der Waals surface area contributed by atoms with E-state index in [1.807, 2.05) is 30.3 Å². The fraction of sp³-hybridized carbons (Fsp3) is 0.478. The fourth-order valence-corrected chi connectivity index (χ4v) is 3.79. The molecule has 1 fully saturated rings. The van der Waals surface area contributed by atoms with E-state index in [1.165, 1.54) is 11.1 Å². The Morgan fingerprint density at radius 1 is 0.926 bits per heavy atom. The highest BCUT2D eigenvalue weighted by molar-refractivity contribution is 5.30. The maximum Gasteiger partial charge on any atom is 0.392 e. The van der Waals surface area contributed by atoms with E-state index in [-0.39, 0.29) is 12.3 Å². The number of halogens is 3. The summed E-state index contributed by atoms with van der Waals surface area (Å²) in [6.07, 6.45) is -0.661. The van der Waals surface area contributed by atoms with Crippen LogP contribution in [0.5, 0.6) is 0 Å². The normalized spacial score (nSPS) is 19.4. The summed E-state index contributed by atoms with van der Waals surface area (Å²) >= 11 is 0. The van der Waals surface area contributed by atoms with Crippen LogP contribution < -0.4 is 0 Å². The number of hydrogen-bond donors (Lipinski definition) is 0. The predicted molar refractivity (Wildman–Crippen MR) is 104 cm³/mol. The van der Waals surface area contributed by atoms with Crippen LogP contribution in [0.2, 0.25) is 0 Å². The van der Waals surface area contributed by atoms with Crippen LogP contribution in [-0.4, -0.2) is 24.2 Å². The Kier molecular flexibility index (Phi) is 6.59. The summed E-state index contributed by atoms with van der Waals surface area (Å²) in [5.41, 5.74) is 3.37. The molecule has 1 saturated carbocycles. The quantitative estimate of drug-likeness (QED) is 0.504. The van der Waals surface area contributed by atoms with Gasteiger partial charge in [0.1, 0.15) is 0 Å². The van der Waals surface area contributed by atoms with Crippen molar-refractivity contribution in [2.24, 2.45) is 5.92 Å². The molecule has 0 saturated heterocycles. The monoisotopic (exact) mass is 375 g/mol. The Labute approximate surface area is 160 Å². The lowest BCUT2D eigenvalue weighted by Gasteiger charge is -2.21. The summed E-state index contributed by atoms with van der Waals surface area (Å²) in [6, 6.07) is 18.3. The predicted octanol–water partition coefficient (Wildman–Crippen LogP) is 6.20. The van der Waals surface area contributed by atoms with Gasteiger partial charge in [0.25, 0.3) is 0 Å². The second kappa shape index (κ2) is 8.92. The maximum atomic E-state index is 12.7. The van der Waals surface area contributed by atoms with Gasteiger partial charge in [0, 0.05) is 6.54 Å². The van der Waals surface area contributed by atoms with Gasteiger partial charge in [-0.3, -0.25) is 4.90 Å². The molecule has 4 heteroatoms. The molecule has 2 aromatic carbocycles. The molecule has 0 N–H and O–H groups in total. The standard InChI is InChI=1S/C23H28F3N/c1-2-14-27(17-19-7-4-3-5-8-19)15-6-9-18-10-12-20(13-11-18)21-16-22(21)23(24,25)26/h3-5,7-8,10-13,21-22H,2,6,9,14-17H2,1H3. The van der Waals surface area contributed by atoms with Gasteiger partial charge in [-0.1, -0.05) is 61.5 Å². The van der Waals surface area contributed by atoms with E-state index in [4.69, 9.17) is 0 Å². The van der Waals surface area contributed by atoms with Crippen molar-refractivity contribution < 1.29 is 13.2 Å². The van der Waals surface area contributed by atoms with E-state index >= 15 is 0 Å². The van der Waals surface area contributed by atoms with Crippen LogP contribution in [0.15, 0.2) is 54.6 Å². The van der Waals surface area contributed by atoms with E-state index in [1.54, 1.807) is 0 Å². The van der Waals surface area contributed by atoms with Gasteiger partial charge >= 0.3 is 6.18 Å². The molecule has 0 spiro atoms. The summed E-state index contributed by atoms with van der Waals surface area (Å²) in [5, 5.41) is 0. The average Bonchev–Trinajstić information content (AvgIpc) is 3.44. The zero-order valence-corrected chi connectivity index (χ0v) is 15.9. The van der Waals surface area contributed by atoms with Crippen molar-refractivity contribution in [2.75, 3.05) is 13.1 Å². The maximum absolute atomic E-state index is 12.7. The van der Waals surface area contributed by atoms with Gasteiger partial charge in [0.15, 0.2) is 0 Å². The van der Waals surface area contributed by atoms with Crippen LogP contribution in [0.25, 0.3) is 0 Å². The lowest BCUT2D eigenvalue weighted by atomic mass is 10.0. The number of hydrogen-bond acceptors (Lipinski definition) is 1. The lowest BCUT2D eigenvalue weighted by molar-refractivity contribution is -0.148. The van der Waals surface area contributed by atoms with Crippen LogP contribution in [0, 0.1) is 5.92 Å². The number of alkyl halides is 3. The van der Waals surface area contributed by atoms with E-state index in [9.17, 15) is 13.2 Å². The van der Waals surface area contributed by atoms with E-state index in [0.717, 1.165) is 44.5 Å². The molecule has 1 nitrogen and oxygen atoms in total. The summed E-state index contributed by atoms with van der Waals surface area (Å²) in [5.74, 6) is -1.46. The van der Waals surface area contributed by atoms with Crippen LogP contribution >= 0.6 is 0 Å². The first-order chi connectivity index (χ1) is 13.0. The summed E-state index contributed by atoms with van der Waals surface area (Å²) < 4.78 is 38.1. The molecule has 146 valence electrons. The molecule has 2 aromatic rings. The van der Waals surface area contributed by atoms with Crippen molar-refractivity contribution >= 4 is 0 Å². The van der Waals surface area contributed by atoms with Gasteiger partial charge in [-0.25, -0.2) is 0 Å². The lowest BCUT2D eigenvalue weighted by Crippen LogP contribution is -2.25. The Morgan fingerprint density at radius 2 is 1.63 bits per heavy atom. The highest BCUT2D eigenvalue weighted by Gasteiger charge is 2.55. The third-order valence-electron chi connectivity index (χ3n) is 5.35. The number of nitrogens with zero attached hydrogens (tertiary/aromatic N) is 1. The highest BCUT2D eigenvalue weighted by atomic mass is 19.4. The second-order valence-electron chi connectivity index (χ2n) is 7.60. The third-order valence-corrected chi connectivity index (χ3v) is 5.35. The van der Waals surface area contributed by atoms with E-state index in [2.05, 4.69) is 36.1 Å². The Balaban J connectivity index is 1.46. The fourth-order valence-electron chi connectivity index (χ4n) is 3.79. The molecule has 0 heterocycles. The van der Waals surface area contributed by atoms with Crippen molar-refractivity contribution in [2.45, 2.75) is 51.2 Å². The van der Waals surface area contributed by atoms with Gasteiger partial charge in [0.2, 0.25) is 0 Å². The number of rotatable bonds is 9. The molecule has 27 heavy (non-hydrogen) atoms. The molecular formula is C23H28F3N. The first-order valence-electron chi connectivity index (χ1n) is 9.89. The minimum absolute atomic E-state index is 0.244. The highest BCUT2D eigenvalue weighted by Crippen LogP contribution is 2.56. The number of aryl methyl sites for hydroxylation is 1. The molecule has 2 atom stereocenters. The van der Waals surface area contributed by atoms with Crippen molar-refractivity contribution in [1.29, 1.82) is 0 Å². The number of benzene rings is 2.